The number of aryl methyl sites for hydroxylation is 1. The second kappa shape index (κ2) is 8.29. The van der Waals surface area contributed by atoms with E-state index in [9.17, 15) is 4.79 Å². The van der Waals surface area contributed by atoms with E-state index in [2.05, 4.69) is 28.2 Å². The summed E-state index contributed by atoms with van der Waals surface area (Å²) >= 11 is 6.18. The number of benzene rings is 2. The Balaban J connectivity index is 1.70. The van der Waals surface area contributed by atoms with E-state index in [4.69, 9.17) is 16.3 Å². The number of anilines is 2. The van der Waals surface area contributed by atoms with Crippen molar-refractivity contribution in [2.45, 2.75) is 26.2 Å². The zero-order valence-corrected chi connectivity index (χ0v) is 17.4. The van der Waals surface area contributed by atoms with Gasteiger partial charge in [-0.25, -0.2) is 4.98 Å². The summed E-state index contributed by atoms with van der Waals surface area (Å²) in [7, 11) is 1.56. The molecule has 1 fully saturated rings. The number of ether oxygens (including phenoxy) is 1. The maximum Gasteiger partial charge on any atom is 0.274 e. The van der Waals surface area contributed by atoms with Crippen LogP contribution in [0.2, 0.25) is 5.02 Å². The maximum atomic E-state index is 13.0. The van der Waals surface area contributed by atoms with Crippen molar-refractivity contribution in [2.75, 3.05) is 30.4 Å². The van der Waals surface area contributed by atoms with E-state index < -0.39 is 0 Å². The van der Waals surface area contributed by atoms with Crippen LogP contribution in [0, 0.1) is 6.92 Å². The van der Waals surface area contributed by atoms with Crippen molar-refractivity contribution in [1.29, 1.82) is 0 Å². The standard InChI is InChI=1S/C23H24ClN3O2/c1-15-6-8-19-17(12-15)21(27-10-4-3-5-11-27)14-20(26-19)23(28)25-16-7-9-22(29-2)18(24)13-16/h6-9,12-14H,3-5,10-11H2,1-2H3,(H,25,28). The predicted octanol–water partition coefficient (Wildman–Crippen LogP) is 5.45. The molecule has 1 aliphatic heterocycles. The lowest BCUT2D eigenvalue weighted by molar-refractivity contribution is 0.102. The smallest absolute Gasteiger partial charge is 0.274 e. The van der Waals surface area contributed by atoms with Gasteiger partial charge in [-0.2, -0.15) is 0 Å². The SMILES string of the molecule is COc1ccc(NC(=O)c2cc(N3CCCCC3)c3cc(C)ccc3n2)cc1Cl. The fraction of sp³-hybridized carbons (Fsp3) is 0.304. The van der Waals surface area contributed by atoms with Gasteiger partial charge in [-0.05, 0) is 62.6 Å². The average Bonchev–Trinajstić information content (AvgIpc) is 2.73. The largest absolute Gasteiger partial charge is 0.495 e. The third kappa shape index (κ3) is 4.15. The van der Waals surface area contributed by atoms with Crippen LogP contribution in [-0.2, 0) is 0 Å². The molecule has 150 valence electrons. The molecule has 0 spiro atoms. The number of pyridine rings is 1. The highest BCUT2D eigenvalue weighted by molar-refractivity contribution is 6.32. The van der Waals surface area contributed by atoms with Crippen molar-refractivity contribution in [3.63, 3.8) is 0 Å². The Morgan fingerprint density at radius 2 is 1.90 bits per heavy atom. The minimum Gasteiger partial charge on any atom is -0.495 e. The highest BCUT2D eigenvalue weighted by Crippen LogP contribution is 2.31. The first kappa shape index (κ1) is 19.5. The van der Waals surface area contributed by atoms with Crippen LogP contribution in [0.15, 0.2) is 42.5 Å². The van der Waals surface area contributed by atoms with Gasteiger partial charge in [0.25, 0.3) is 5.91 Å². The van der Waals surface area contributed by atoms with Crippen LogP contribution in [0.25, 0.3) is 10.9 Å². The minimum absolute atomic E-state index is 0.257. The summed E-state index contributed by atoms with van der Waals surface area (Å²) in [5.41, 5.74) is 4.09. The van der Waals surface area contributed by atoms with Gasteiger partial charge < -0.3 is 15.0 Å². The summed E-state index contributed by atoms with van der Waals surface area (Å²) in [6.45, 7) is 4.08. The number of rotatable bonds is 4. The number of carbonyl (C=O) groups is 1. The Hall–Kier alpha value is -2.79. The molecule has 6 heteroatoms. The highest BCUT2D eigenvalue weighted by atomic mass is 35.5. The second-order valence-corrected chi connectivity index (χ2v) is 7.81. The quantitative estimate of drug-likeness (QED) is 0.622. The Labute approximate surface area is 175 Å². The minimum atomic E-state index is -0.257. The van der Waals surface area contributed by atoms with E-state index in [0.29, 0.717) is 22.2 Å². The summed E-state index contributed by atoms with van der Waals surface area (Å²) < 4.78 is 5.17. The Morgan fingerprint density at radius 1 is 1.10 bits per heavy atom. The van der Waals surface area contributed by atoms with Crippen molar-refractivity contribution in [1.82, 2.24) is 4.98 Å². The topological polar surface area (TPSA) is 54.5 Å². The number of hydrogen-bond donors (Lipinski definition) is 1. The summed E-state index contributed by atoms with van der Waals surface area (Å²) in [5.74, 6) is 0.309. The predicted molar refractivity (Wildman–Crippen MR) is 119 cm³/mol. The van der Waals surface area contributed by atoms with Crippen LogP contribution in [0.3, 0.4) is 0 Å². The zero-order chi connectivity index (χ0) is 20.4. The third-order valence-electron chi connectivity index (χ3n) is 5.28. The van der Waals surface area contributed by atoms with Gasteiger partial charge in [-0.1, -0.05) is 23.2 Å². The first-order valence-electron chi connectivity index (χ1n) is 9.86. The number of carbonyl (C=O) groups excluding carboxylic acids is 1. The molecule has 1 amide bonds. The average molecular weight is 410 g/mol. The fourth-order valence-electron chi connectivity index (χ4n) is 3.77. The molecule has 2 heterocycles. The molecule has 0 saturated carbocycles. The lowest BCUT2D eigenvalue weighted by Crippen LogP contribution is -2.30. The van der Waals surface area contributed by atoms with E-state index in [0.717, 1.165) is 29.7 Å². The molecule has 3 aromatic rings. The number of nitrogens with one attached hydrogen (secondary N) is 1. The van der Waals surface area contributed by atoms with Gasteiger partial charge in [0.15, 0.2) is 0 Å². The van der Waals surface area contributed by atoms with Crippen LogP contribution < -0.4 is 15.0 Å². The molecule has 2 aromatic carbocycles. The maximum absolute atomic E-state index is 13.0. The molecule has 0 unspecified atom stereocenters. The molecule has 0 aliphatic carbocycles. The first-order valence-corrected chi connectivity index (χ1v) is 10.2. The van der Waals surface area contributed by atoms with Crippen LogP contribution in [0.4, 0.5) is 11.4 Å². The molecule has 5 nitrogen and oxygen atoms in total. The Bertz CT molecular complexity index is 1060. The molecular formula is C23H24ClN3O2. The second-order valence-electron chi connectivity index (χ2n) is 7.40. The van der Waals surface area contributed by atoms with E-state index in [1.807, 2.05) is 18.2 Å². The lowest BCUT2D eigenvalue weighted by Gasteiger charge is -2.30. The fourth-order valence-corrected chi connectivity index (χ4v) is 4.03. The van der Waals surface area contributed by atoms with Crippen molar-refractivity contribution in [2.24, 2.45) is 0 Å². The molecule has 0 radical (unpaired) electrons. The summed E-state index contributed by atoms with van der Waals surface area (Å²) in [5, 5.41) is 4.44. The molecule has 4 rings (SSSR count). The van der Waals surface area contributed by atoms with Crippen molar-refractivity contribution in [3.8, 4) is 5.75 Å². The number of hydrogen-bond acceptors (Lipinski definition) is 4. The number of fused-ring (bicyclic) bond motifs is 1. The number of halogens is 1. The molecule has 1 aromatic heterocycles. The molecule has 0 atom stereocenters. The van der Waals surface area contributed by atoms with Gasteiger partial charge in [0.1, 0.15) is 11.4 Å². The number of aromatic nitrogens is 1. The molecule has 29 heavy (non-hydrogen) atoms. The van der Waals surface area contributed by atoms with Gasteiger partial charge >= 0.3 is 0 Å². The lowest BCUT2D eigenvalue weighted by atomic mass is 10.1. The normalized spacial score (nSPS) is 14.1. The first-order chi connectivity index (χ1) is 14.0. The van der Waals surface area contributed by atoms with Crippen LogP contribution in [0.5, 0.6) is 5.75 Å². The summed E-state index contributed by atoms with van der Waals surface area (Å²) in [6, 6.07) is 13.2. The number of nitrogens with zero attached hydrogens (tertiary/aromatic N) is 2. The van der Waals surface area contributed by atoms with E-state index in [1.54, 1.807) is 25.3 Å². The van der Waals surface area contributed by atoms with Gasteiger partial charge in [-0.15, -0.1) is 0 Å². The van der Waals surface area contributed by atoms with E-state index >= 15 is 0 Å². The molecular weight excluding hydrogens is 386 g/mol. The monoisotopic (exact) mass is 409 g/mol. The summed E-state index contributed by atoms with van der Waals surface area (Å²) in [6.07, 6.45) is 3.59. The highest BCUT2D eigenvalue weighted by Gasteiger charge is 2.18. The van der Waals surface area contributed by atoms with Crippen molar-refractivity contribution >= 4 is 39.8 Å². The molecule has 1 saturated heterocycles. The van der Waals surface area contributed by atoms with E-state index in [1.165, 1.54) is 24.8 Å². The molecule has 0 bridgehead atoms. The van der Waals surface area contributed by atoms with Crippen molar-refractivity contribution < 1.29 is 9.53 Å². The van der Waals surface area contributed by atoms with Crippen LogP contribution in [0.1, 0.15) is 35.3 Å². The Morgan fingerprint density at radius 3 is 2.62 bits per heavy atom. The number of methoxy groups -OCH3 is 1. The molecule has 1 N–H and O–H groups in total. The zero-order valence-electron chi connectivity index (χ0n) is 16.7. The number of amides is 1. The van der Waals surface area contributed by atoms with Crippen molar-refractivity contribution in [3.05, 3.63) is 58.7 Å². The Kier molecular flexibility index (Phi) is 5.58. The van der Waals surface area contributed by atoms with Gasteiger partial charge in [0, 0.05) is 29.9 Å². The van der Waals surface area contributed by atoms with Gasteiger partial charge in [0.2, 0.25) is 0 Å². The van der Waals surface area contributed by atoms with Gasteiger partial charge in [0.05, 0.1) is 17.6 Å². The molecule has 1 aliphatic rings. The van der Waals surface area contributed by atoms with Crippen LogP contribution in [-0.4, -0.2) is 31.1 Å². The van der Waals surface area contributed by atoms with E-state index in [-0.39, 0.29) is 5.91 Å². The third-order valence-corrected chi connectivity index (χ3v) is 5.58. The van der Waals surface area contributed by atoms with Gasteiger partial charge in [-0.3, -0.25) is 4.79 Å². The number of piperidine rings is 1. The van der Waals surface area contributed by atoms with Crippen LogP contribution >= 0.6 is 11.6 Å². The summed E-state index contributed by atoms with van der Waals surface area (Å²) in [4.78, 5) is 20.0.